The van der Waals surface area contributed by atoms with Gasteiger partial charge in [0.25, 0.3) is 5.91 Å². The Morgan fingerprint density at radius 1 is 0.973 bits per heavy atom. The molecule has 37 heavy (non-hydrogen) atoms. The van der Waals surface area contributed by atoms with Crippen LogP contribution in [0.3, 0.4) is 0 Å². The summed E-state index contributed by atoms with van der Waals surface area (Å²) >= 11 is 0. The number of hydrogen-bond acceptors (Lipinski definition) is 4. The summed E-state index contributed by atoms with van der Waals surface area (Å²) in [7, 11) is 0. The highest BCUT2D eigenvalue weighted by molar-refractivity contribution is 6.10. The van der Waals surface area contributed by atoms with E-state index in [0.717, 1.165) is 65.1 Å². The molecular formula is C29H34Cl2N4O2. The van der Waals surface area contributed by atoms with Crippen LogP contribution in [-0.4, -0.2) is 46.5 Å². The molecule has 5 rings (SSSR count). The van der Waals surface area contributed by atoms with Crippen molar-refractivity contribution < 1.29 is 9.53 Å². The van der Waals surface area contributed by atoms with Gasteiger partial charge in [-0.15, -0.1) is 24.8 Å². The van der Waals surface area contributed by atoms with Gasteiger partial charge in [0.2, 0.25) is 5.88 Å². The molecule has 6 nitrogen and oxygen atoms in total. The zero-order valence-corrected chi connectivity index (χ0v) is 23.1. The van der Waals surface area contributed by atoms with E-state index in [9.17, 15) is 4.79 Å². The zero-order valence-electron chi connectivity index (χ0n) is 21.5. The van der Waals surface area contributed by atoms with Crippen LogP contribution in [0.25, 0.3) is 16.7 Å². The van der Waals surface area contributed by atoms with E-state index in [4.69, 9.17) is 9.72 Å². The van der Waals surface area contributed by atoms with Crippen LogP contribution in [0.15, 0.2) is 60.8 Å². The van der Waals surface area contributed by atoms with Gasteiger partial charge in [-0.2, -0.15) is 0 Å². The number of fused-ring (bicyclic) bond motifs is 1. The fraction of sp³-hybridized carbons (Fsp3) is 0.310. The minimum atomic E-state index is -0.00206. The van der Waals surface area contributed by atoms with E-state index in [2.05, 4.69) is 12.2 Å². The van der Waals surface area contributed by atoms with Crippen LogP contribution in [-0.2, 0) is 6.42 Å². The first-order valence-electron chi connectivity index (χ1n) is 12.4. The normalized spacial score (nSPS) is 13.1. The number of halogens is 2. The van der Waals surface area contributed by atoms with Gasteiger partial charge in [0.05, 0.1) is 5.69 Å². The molecule has 0 bridgehead atoms. The number of aromatic nitrogens is 2. The lowest BCUT2D eigenvalue weighted by Crippen LogP contribution is -2.46. The van der Waals surface area contributed by atoms with Crippen LogP contribution < -0.4 is 10.1 Å². The van der Waals surface area contributed by atoms with Gasteiger partial charge in [-0.25, -0.2) is 4.98 Å². The van der Waals surface area contributed by atoms with Gasteiger partial charge in [-0.3, -0.25) is 9.36 Å². The Balaban J connectivity index is 0.00000190. The van der Waals surface area contributed by atoms with E-state index in [1.807, 2.05) is 84.1 Å². The Morgan fingerprint density at radius 3 is 2.30 bits per heavy atom. The van der Waals surface area contributed by atoms with E-state index in [-0.39, 0.29) is 30.7 Å². The number of carbonyl (C=O) groups is 1. The monoisotopic (exact) mass is 540 g/mol. The molecule has 2 aromatic heterocycles. The Bertz CT molecular complexity index is 1350. The third kappa shape index (κ3) is 5.47. The highest BCUT2D eigenvalue weighted by atomic mass is 35.5. The predicted octanol–water partition coefficient (Wildman–Crippen LogP) is 6.28. The summed E-state index contributed by atoms with van der Waals surface area (Å²) in [5, 5.41) is 4.24. The summed E-state index contributed by atoms with van der Waals surface area (Å²) in [5.41, 5.74) is 5.44. The number of ether oxygens (including phenoxy) is 1. The van der Waals surface area contributed by atoms with E-state index in [0.29, 0.717) is 24.5 Å². The molecule has 1 amide bonds. The summed E-state index contributed by atoms with van der Waals surface area (Å²) in [4.78, 5) is 20.9. The minimum Gasteiger partial charge on any atom is -0.439 e. The van der Waals surface area contributed by atoms with Crippen molar-refractivity contribution in [2.45, 2.75) is 33.6 Å². The zero-order chi connectivity index (χ0) is 24.4. The second-order valence-electron chi connectivity index (χ2n) is 9.13. The van der Waals surface area contributed by atoms with Crippen LogP contribution in [0.4, 0.5) is 0 Å². The summed E-state index contributed by atoms with van der Waals surface area (Å²) in [6, 6.07) is 18.2. The van der Waals surface area contributed by atoms with Crippen molar-refractivity contribution in [3.8, 4) is 17.3 Å². The number of piperazine rings is 1. The molecule has 0 spiro atoms. The third-order valence-corrected chi connectivity index (χ3v) is 6.66. The maximum absolute atomic E-state index is 14.2. The Hall–Kier alpha value is -3.06. The first kappa shape index (κ1) is 28.5. The molecule has 1 aliphatic heterocycles. The molecule has 0 aliphatic carbocycles. The molecule has 0 unspecified atom stereocenters. The molecule has 0 radical (unpaired) electrons. The minimum absolute atomic E-state index is 0. The van der Waals surface area contributed by atoms with Crippen LogP contribution >= 0.6 is 24.8 Å². The molecule has 1 aliphatic rings. The van der Waals surface area contributed by atoms with Crippen LogP contribution in [0.1, 0.15) is 40.4 Å². The first-order valence-corrected chi connectivity index (χ1v) is 12.4. The lowest BCUT2D eigenvalue weighted by Gasteiger charge is -2.28. The second kappa shape index (κ2) is 12.5. The van der Waals surface area contributed by atoms with Crippen molar-refractivity contribution in [3.05, 3.63) is 83.0 Å². The van der Waals surface area contributed by atoms with Crippen LogP contribution in [0, 0.1) is 13.8 Å². The number of aryl methyl sites for hydroxylation is 3. The van der Waals surface area contributed by atoms with Crippen LogP contribution in [0.2, 0.25) is 0 Å². The van der Waals surface area contributed by atoms with Gasteiger partial charge in [0, 0.05) is 37.8 Å². The van der Waals surface area contributed by atoms with Gasteiger partial charge >= 0.3 is 0 Å². The quantitative estimate of drug-likeness (QED) is 0.312. The highest BCUT2D eigenvalue weighted by Crippen LogP contribution is 2.41. The fourth-order valence-corrected chi connectivity index (χ4v) is 4.92. The average Bonchev–Trinajstić information content (AvgIpc) is 3.22. The molecule has 2 aromatic carbocycles. The predicted molar refractivity (Wildman–Crippen MR) is 154 cm³/mol. The van der Waals surface area contributed by atoms with E-state index in [1.165, 1.54) is 0 Å². The maximum Gasteiger partial charge on any atom is 0.260 e. The fourth-order valence-electron chi connectivity index (χ4n) is 4.92. The number of amides is 1. The molecule has 1 saturated heterocycles. The largest absolute Gasteiger partial charge is 0.439 e. The lowest BCUT2D eigenvalue weighted by atomic mass is 10.0. The summed E-state index contributed by atoms with van der Waals surface area (Å²) in [6.07, 6.45) is 3.68. The van der Waals surface area contributed by atoms with E-state index >= 15 is 0 Å². The highest BCUT2D eigenvalue weighted by Gasteiger charge is 2.32. The number of rotatable bonds is 6. The smallest absolute Gasteiger partial charge is 0.260 e. The van der Waals surface area contributed by atoms with Crippen LogP contribution in [0.5, 0.6) is 11.6 Å². The number of benzene rings is 2. The van der Waals surface area contributed by atoms with Gasteiger partial charge in [0.15, 0.2) is 0 Å². The SMILES string of the molecule is CCCc1ccnc2c1c(C(=O)N1CCNCC1)c(Oc1c(C)cccc1C)n2-c1ccccc1.Cl.Cl. The molecule has 4 aromatic rings. The van der Waals surface area contributed by atoms with Crippen molar-refractivity contribution >= 4 is 41.8 Å². The van der Waals surface area contributed by atoms with Crippen molar-refractivity contribution in [2.24, 2.45) is 0 Å². The number of carbonyl (C=O) groups excluding carboxylic acids is 1. The number of pyridine rings is 1. The Morgan fingerprint density at radius 2 is 1.65 bits per heavy atom. The third-order valence-electron chi connectivity index (χ3n) is 6.66. The molecule has 1 fully saturated rings. The Labute approximate surface area is 230 Å². The number of nitrogens with zero attached hydrogens (tertiary/aromatic N) is 3. The first-order chi connectivity index (χ1) is 17.1. The average molecular weight is 542 g/mol. The summed E-state index contributed by atoms with van der Waals surface area (Å²) in [6.45, 7) is 9.15. The van der Waals surface area contributed by atoms with Crippen molar-refractivity contribution in [1.82, 2.24) is 19.8 Å². The number of para-hydroxylation sites is 2. The van der Waals surface area contributed by atoms with Gasteiger partial charge in [0.1, 0.15) is 17.0 Å². The number of hydrogen-bond donors (Lipinski definition) is 1. The topological polar surface area (TPSA) is 59.4 Å². The summed E-state index contributed by atoms with van der Waals surface area (Å²) < 4.78 is 8.76. The molecule has 0 atom stereocenters. The molecular weight excluding hydrogens is 507 g/mol. The molecule has 0 saturated carbocycles. The van der Waals surface area contributed by atoms with Crippen molar-refractivity contribution in [1.29, 1.82) is 0 Å². The van der Waals surface area contributed by atoms with E-state index in [1.54, 1.807) is 0 Å². The summed E-state index contributed by atoms with van der Waals surface area (Å²) in [5.74, 6) is 1.31. The van der Waals surface area contributed by atoms with Crippen molar-refractivity contribution in [3.63, 3.8) is 0 Å². The maximum atomic E-state index is 14.2. The van der Waals surface area contributed by atoms with Gasteiger partial charge in [-0.1, -0.05) is 49.7 Å². The molecule has 3 heterocycles. The van der Waals surface area contributed by atoms with Gasteiger partial charge in [-0.05, 0) is 55.2 Å². The lowest BCUT2D eigenvalue weighted by molar-refractivity contribution is 0.0735. The molecule has 1 N–H and O–H groups in total. The molecule has 8 heteroatoms. The van der Waals surface area contributed by atoms with Crippen molar-refractivity contribution in [2.75, 3.05) is 26.2 Å². The number of nitrogens with one attached hydrogen (secondary N) is 1. The Kier molecular flexibility index (Phi) is 9.60. The molecule has 196 valence electrons. The van der Waals surface area contributed by atoms with Gasteiger partial charge < -0.3 is 15.0 Å². The standard InChI is InChI=1S/C29H32N4O2.2ClH/c1-4-9-22-14-15-31-27-24(22)25(28(34)32-18-16-30-17-19-32)29(33(27)23-12-6-5-7-13-23)35-26-20(2)10-8-11-21(26)3;;/h5-8,10-15,30H,4,9,16-19H2,1-3H3;2*1H. The van der Waals surface area contributed by atoms with E-state index < -0.39 is 0 Å². The second-order valence-corrected chi connectivity index (χ2v) is 9.13.